The Labute approximate surface area is 130 Å². The molecule has 7 heteroatoms. The van der Waals surface area contributed by atoms with Gasteiger partial charge in [-0.25, -0.2) is 0 Å². The van der Waals surface area contributed by atoms with Gasteiger partial charge in [0.1, 0.15) is 12.2 Å². The second-order valence-corrected chi connectivity index (χ2v) is 6.36. The molecule has 2 saturated heterocycles. The molecule has 22 heavy (non-hydrogen) atoms. The molecular weight excluding hydrogens is 282 g/mol. The summed E-state index contributed by atoms with van der Waals surface area (Å²) in [5, 5.41) is 8.09. The number of carbonyl (C=O) groups is 2. The lowest BCUT2D eigenvalue weighted by Gasteiger charge is -2.33. The lowest BCUT2D eigenvalue weighted by atomic mass is 9.96. The van der Waals surface area contributed by atoms with Crippen molar-refractivity contribution < 1.29 is 9.59 Å². The maximum absolute atomic E-state index is 12.4. The normalized spacial score (nSPS) is 23.4. The third-order valence-corrected chi connectivity index (χ3v) is 4.89. The van der Waals surface area contributed by atoms with Gasteiger partial charge < -0.3 is 14.4 Å². The highest BCUT2D eigenvalue weighted by molar-refractivity contribution is 5.86. The minimum absolute atomic E-state index is 0.0681. The van der Waals surface area contributed by atoms with E-state index in [0.29, 0.717) is 12.3 Å². The minimum atomic E-state index is 0.0681. The van der Waals surface area contributed by atoms with Crippen molar-refractivity contribution in [1.82, 2.24) is 24.6 Å². The first kappa shape index (κ1) is 15.0. The van der Waals surface area contributed by atoms with Crippen LogP contribution in [0.5, 0.6) is 0 Å². The van der Waals surface area contributed by atoms with Gasteiger partial charge in [0.25, 0.3) is 0 Å². The van der Waals surface area contributed by atoms with Gasteiger partial charge in [-0.1, -0.05) is 0 Å². The Morgan fingerprint density at radius 3 is 2.59 bits per heavy atom. The molecule has 2 aliphatic rings. The lowest BCUT2D eigenvalue weighted by molar-refractivity contribution is -0.140. The van der Waals surface area contributed by atoms with Crippen LogP contribution >= 0.6 is 0 Å². The van der Waals surface area contributed by atoms with Gasteiger partial charge >= 0.3 is 0 Å². The molecule has 2 aliphatic heterocycles. The first-order valence-corrected chi connectivity index (χ1v) is 7.97. The Kier molecular flexibility index (Phi) is 4.13. The molecule has 0 radical (unpaired) electrons. The van der Waals surface area contributed by atoms with Gasteiger partial charge in [-0.3, -0.25) is 9.59 Å². The zero-order chi connectivity index (χ0) is 15.7. The predicted octanol–water partition coefficient (Wildman–Crippen LogP) is 0.532. The summed E-state index contributed by atoms with van der Waals surface area (Å²) < 4.78 is 1.95. The number of aromatic nitrogens is 3. The fourth-order valence-corrected chi connectivity index (χ4v) is 3.42. The molecule has 2 amide bonds. The van der Waals surface area contributed by atoms with E-state index in [0.717, 1.165) is 38.2 Å². The first-order chi connectivity index (χ1) is 10.6. The minimum Gasteiger partial charge on any atom is -0.341 e. The van der Waals surface area contributed by atoms with Crippen LogP contribution in [0.3, 0.4) is 0 Å². The fraction of sp³-hybridized carbons (Fsp3) is 0.733. The van der Waals surface area contributed by atoms with Crippen LogP contribution in [0, 0.1) is 0 Å². The van der Waals surface area contributed by atoms with Crippen molar-refractivity contribution in [2.45, 2.75) is 44.6 Å². The summed E-state index contributed by atoms with van der Waals surface area (Å²) in [4.78, 5) is 27.8. The van der Waals surface area contributed by atoms with Gasteiger partial charge in [-0.15, -0.1) is 10.2 Å². The van der Waals surface area contributed by atoms with Crippen LogP contribution in [-0.4, -0.2) is 62.1 Å². The number of hydrogen-bond acceptors (Lipinski definition) is 4. The average Bonchev–Trinajstić information content (AvgIpc) is 3.08. The summed E-state index contributed by atoms with van der Waals surface area (Å²) in [5.41, 5.74) is 0. The number of nitrogens with zero attached hydrogens (tertiary/aromatic N) is 5. The van der Waals surface area contributed by atoms with Crippen LogP contribution in [0.2, 0.25) is 0 Å². The molecule has 0 aliphatic carbocycles. The quantitative estimate of drug-likeness (QED) is 0.817. The number of piperidine rings is 1. The molecule has 0 spiro atoms. The monoisotopic (exact) mass is 305 g/mol. The average molecular weight is 305 g/mol. The largest absolute Gasteiger partial charge is 0.341 e. The third kappa shape index (κ3) is 2.84. The summed E-state index contributed by atoms with van der Waals surface area (Å²) in [6.45, 7) is 3.70. The molecular formula is C15H23N5O2. The van der Waals surface area contributed by atoms with Crippen molar-refractivity contribution >= 4 is 11.8 Å². The fourth-order valence-electron chi connectivity index (χ4n) is 3.42. The maximum Gasteiger partial charge on any atom is 0.242 e. The topological polar surface area (TPSA) is 71.3 Å². The standard InChI is InChI=1S/C15H23N5O2/c1-11-3-4-13(21)20(11)9-14(22)19-7-5-12(6-8-19)15-17-16-10-18(15)2/h10-12H,3-9H2,1-2H3. The zero-order valence-corrected chi connectivity index (χ0v) is 13.2. The van der Waals surface area contributed by atoms with Crippen molar-refractivity contribution in [2.24, 2.45) is 7.05 Å². The molecule has 7 nitrogen and oxygen atoms in total. The van der Waals surface area contributed by atoms with Crippen LogP contribution in [0.1, 0.15) is 44.3 Å². The first-order valence-electron chi connectivity index (χ1n) is 7.97. The van der Waals surface area contributed by atoms with E-state index < -0.39 is 0 Å². The highest BCUT2D eigenvalue weighted by atomic mass is 16.2. The van der Waals surface area contributed by atoms with Crippen LogP contribution in [0.15, 0.2) is 6.33 Å². The Morgan fingerprint density at radius 2 is 2.05 bits per heavy atom. The van der Waals surface area contributed by atoms with Crippen molar-refractivity contribution in [2.75, 3.05) is 19.6 Å². The number of rotatable bonds is 3. The second-order valence-electron chi connectivity index (χ2n) is 6.36. The highest BCUT2D eigenvalue weighted by Gasteiger charge is 2.32. The third-order valence-electron chi connectivity index (χ3n) is 4.89. The van der Waals surface area contributed by atoms with E-state index in [4.69, 9.17) is 0 Å². The molecule has 1 unspecified atom stereocenters. The number of amides is 2. The zero-order valence-electron chi connectivity index (χ0n) is 13.2. The summed E-state index contributed by atoms with van der Waals surface area (Å²) in [7, 11) is 1.95. The molecule has 1 atom stereocenters. The van der Waals surface area contributed by atoms with E-state index in [9.17, 15) is 9.59 Å². The van der Waals surface area contributed by atoms with Crippen LogP contribution in [-0.2, 0) is 16.6 Å². The summed E-state index contributed by atoms with van der Waals surface area (Å²) in [6, 6.07) is 0.188. The summed E-state index contributed by atoms with van der Waals surface area (Å²) in [5.74, 6) is 1.53. The summed E-state index contributed by atoms with van der Waals surface area (Å²) >= 11 is 0. The molecule has 2 fully saturated rings. The number of carbonyl (C=O) groups excluding carboxylic acids is 2. The van der Waals surface area contributed by atoms with Crippen LogP contribution in [0.4, 0.5) is 0 Å². The van der Waals surface area contributed by atoms with Crippen molar-refractivity contribution in [3.05, 3.63) is 12.2 Å². The Morgan fingerprint density at radius 1 is 1.32 bits per heavy atom. The summed E-state index contributed by atoms with van der Waals surface area (Å²) in [6.07, 6.45) is 4.96. The Bertz CT molecular complexity index is 562. The Hall–Kier alpha value is -1.92. The molecule has 0 N–H and O–H groups in total. The van der Waals surface area contributed by atoms with Gasteiger partial charge in [0, 0.05) is 38.5 Å². The van der Waals surface area contributed by atoms with Gasteiger partial charge in [-0.2, -0.15) is 0 Å². The van der Waals surface area contributed by atoms with E-state index in [2.05, 4.69) is 10.2 Å². The Balaban J connectivity index is 1.54. The predicted molar refractivity (Wildman–Crippen MR) is 80.0 cm³/mol. The van der Waals surface area contributed by atoms with Gasteiger partial charge in [0.05, 0.1) is 6.54 Å². The molecule has 3 rings (SSSR count). The van der Waals surface area contributed by atoms with Gasteiger partial charge in [-0.05, 0) is 26.2 Å². The lowest BCUT2D eigenvalue weighted by Crippen LogP contribution is -2.45. The van der Waals surface area contributed by atoms with E-state index >= 15 is 0 Å². The van der Waals surface area contributed by atoms with E-state index in [1.54, 1.807) is 11.2 Å². The van der Waals surface area contributed by atoms with Crippen molar-refractivity contribution in [3.63, 3.8) is 0 Å². The van der Waals surface area contributed by atoms with Gasteiger partial charge in [0.2, 0.25) is 11.8 Å². The van der Waals surface area contributed by atoms with E-state index in [1.165, 1.54) is 0 Å². The number of hydrogen-bond donors (Lipinski definition) is 0. The van der Waals surface area contributed by atoms with Crippen LogP contribution < -0.4 is 0 Å². The second kappa shape index (κ2) is 6.06. The SMILES string of the molecule is CC1CCC(=O)N1CC(=O)N1CCC(c2nncn2C)CC1. The molecule has 0 aromatic carbocycles. The van der Waals surface area contributed by atoms with Crippen molar-refractivity contribution in [1.29, 1.82) is 0 Å². The smallest absolute Gasteiger partial charge is 0.242 e. The number of aryl methyl sites for hydroxylation is 1. The molecule has 0 saturated carbocycles. The molecule has 1 aromatic heterocycles. The molecule has 0 bridgehead atoms. The van der Waals surface area contributed by atoms with Crippen molar-refractivity contribution in [3.8, 4) is 0 Å². The van der Waals surface area contributed by atoms with E-state index in [-0.39, 0.29) is 24.4 Å². The van der Waals surface area contributed by atoms with E-state index in [1.807, 2.05) is 23.4 Å². The number of likely N-dealkylation sites (tertiary alicyclic amines) is 2. The highest BCUT2D eigenvalue weighted by Crippen LogP contribution is 2.26. The van der Waals surface area contributed by atoms with Gasteiger partial charge in [0.15, 0.2) is 0 Å². The van der Waals surface area contributed by atoms with Crippen LogP contribution in [0.25, 0.3) is 0 Å². The maximum atomic E-state index is 12.4. The molecule has 3 heterocycles. The molecule has 1 aromatic rings. The molecule has 120 valence electrons.